The molecule has 1 unspecified atom stereocenters. The van der Waals surface area contributed by atoms with Gasteiger partial charge in [0.15, 0.2) is 0 Å². The largest absolute Gasteiger partial charge is 0.497 e. The van der Waals surface area contributed by atoms with E-state index in [-0.39, 0.29) is 18.1 Å². The molecule has 1 aliphatic rings. The van der Waals surface area contributed by atoms with Gasteiger partial charge in [-0.25, -0.2) is 4.79 Å². The average Bonchev–Trinajstić information content (AvgIpc) is 2.84. The lowest BCUT2D eigenvalue weighted by Crippen LogP contribution is -2.27. The Hall–Kier alpha value is -2.24. The molecule has 1 fully saturated rings. The molecule has 1 N–H and O–H groups in total. The Balaban J connectivity index is 1.62. The fourth-order valence-electron chi connectivity index (χ4n) is 2.32. The van der Waals surface area contributed by atoms with Crippen LogP contribution in [0.1, 0.15) is 18.4 Å². The number of likely N-dealkylation sites (N-methyl/N-ethyl adjacent to an activating group) is 1. The van der Waals surface area contributed by atoms with Gasteiger partial charge in [-0.2, -0.15) is 0 Å². The molecule has 0 saturated carbocycles. The quantitative estimate of drug-likeness (QED) is 0.830. The van der Waals surface area contributed by atoms with Crippen molar-refractivity contribution >= 4 is 12.0 Å². The van der Waals surface area contributed by atoms with E-state index in [2.05, 4.69) is 5.32 Å². The maximum atomic E-state index is 11.8. The molecule has 120 valence electrons. The fourth-order valence-corrected chi connectivity index (χ4v) is 2.32. The van der Waals surface area contributed by atoms with E-state index < -0.39 is 0 Å². The van der Waals surface area contributed by atoms with Crippen LogP contribution in [0.25, 0.3) is 0 Å². The smallest absolute Gasteiger partial charge is 0.409 e. The van der Waals surface area contributed by atoms with Gasteiger partial charge in [0.25, 0.3) is 0 Å². The minimum atomic E-state index is -0.315. The number of benzene rings is 1. The van der Waals surface area contributed by atoms with Crippen molar-refractivity contribution in [3.05, 3.63) is 29.8 Å². The van der Waals surface area contributed by atoms with Gasteiger partial charge in [-0.1, -0.05) is 12.1 Å². The standard InChI is InChI=1S/C16H22N2O4/c1-18-11-14(22-16(18)20)7-8-15(19)17-10-9-12-3-5-13(21-2)6-4-12/h3-6,14H,7-11H2,1-2H3,(H,17,19). The van der Waals surface area contributed by atoms with Crippen molar-refractivity contribution in [2.45, 2.75) is 25.4 Å². The number of hydrogen-bond donors (Lipinski definition) is 1. The lowest BCUT2D eigenvalue weighted by Gasteiger charge is -2.09. The molecule has 1 saturated heterocycles. The molecular weight excluding hydrogens is 284 g/mol. The second kappa shape index (κ2) is 7.68. The van der Waals surface area contributed by atoms with E-state index in [1.165, 1.54) is 4.90 Å². The van der Waals surface area contributed by atoms with Gasteiger partial charge >= 0.3 is 6.09 Å². The summed E-state index contributed by atoms with van der Waals surface area (Å²) in [4.78, 5) is 24.5. The summed E-state index contributed by atoms with van der Waals surface area (Å²) in [7, 11) is 3.33. The summed E-state index contributed by atoms with van der Waals surface area (Å²) in [6.45, 7) is 1.15. The van der Waals surface area contributed by atoms with Gasteiger partial charge in [-0.15, -0.1) is 0 Å². The van der Waals surface area contributed by atoms with Crippen molar-refractivity contribution in [3.63, 3.8) is 0 Å². The zero-order valence-electron chi connectivity index (χ0n) is 13.0. The number of nitrogens with one attached hydrogen (secondary N) is 1. The molecular formula is C16H22N2O4. The first-order valence-electron chi connectivity index (χ1n) is 7.40. The van der Waals surface area contributed by atoms with Gasteiger partial charge in [0.2, 0.25) is 5.91 Å². The Morgan fingerprint density at radius 3 is 2.73 bits per heavy atom. The molecule has 1 aromatic carbocycles. The van der Waals surface area contributed by atoms with Crippen molar-refractivity contribution in [1.29, 1.82) is 0 Å². The van der Waals surface area contributed by atoms with Crippen LogP contribution in [0, 0.1) is 0 Å². The fraction of sp³-hybridized carbons (Fsp3) is 0.500. The number of hydrogen-bond acceptors (Lipinski definition) is 4. The van der Waals surface area contributed by atoms with E-state index in [1.807, 2.05) is 24.3 Å². The maximum absolute atomic E-state index is 11.8. The second-order valence-electron chi connectivity index (χ2n) is 5.37. The molecule has 6 nitrogen and oxygen atoms in total. The zero-order valence-corrected chi connectivity index (χ0v) is 13.0. The van der Waals surface area contributed by atoms with Gasteiger partial charge in [-0.05, 0) is 30.5 Å². The Morgan fingerprint density at radius 1 is 1.41 bits per heavy atom. The SMILES string of the molecule is COc1ccc(CCNC(=O)CCC2CN(C)C(=O)O2)cc1. The van der Waals surface area contributed by atoms with Crippen LogP contribution >= 0.6 is 0 Å². The highest BCUT2D eigenvalue weighted by Gasteiger charge is 2.28. The van der Waals surface area contributed by atoms with Gasteiger partial charge in [-0.3, -0.25) is 4.79 Å². The van der Waals surface area contributed by atoms with E-state index in [4.69, 9.17) is 9.47 Å². The van der Waals surface area contributed by atoms with Gasteiger partial charge < -0.3 is 19.7 Å². The first-order chi connectivity index (χ1) is 10.6. The number of rotatable bonds is 7. The van der Waals surface area contributed by atoms with Crippen LogP contribution in [-0.2, 0) is 16.0 Å². The minimum Gasteiger partial charge on any atom is -0.497 e. The van der Waals surface area contributed by atoms with Crippen LogP contribution < -0.4 is 10.1 Å². The second-order valence-corrected chi connectivity index (χ2v) is 5.37. The van der Waals surface area contributed by atoms with Crippen molar-refractivity contribution in [1.82, 2.24) is 10.2 Å². The Labute approximate surface area is 130 Å². The molecule has 2 amide bonds. The molecule has 1 aliphatic heterocycles. The number of amides is 2. The minimum absolute atomic E-state index is 0.0147. The van der Waals surface area contributed by atoms with E-state index in [0.29, 0.717) is 25.9 Å². The molecule has 1 atom stereocenters. The third-order valence-corrected chi connectivity index (χ3v) is 3.64. The summed E-state index contributed by atoms with van der Waals surface area (Å²) in [5.41, 5.74) is 1.15. The normalized spacial score (nSPS) is 17.3. The summed E-state index contributed by atoms with van der Waals surface area (Å²) in [5, 5.41) is 2.88. The van der Waals surface area contributed by atoms with E-state index in [1.54, 1.807) is 14.2 Å². The Kier molecular flexibility index (Phi) is 5.63. The summed E-state index contributed by atoms with van der Waals surface area (Å²) >= 11 is 0. The highest BCUT2D eigenvalue weighted by molar-refractivity contribution is 5.76. The van der Waals surface area contributed by atoms with E-state index >= 15 is 0 Å². The van der Waals surface area contributed by atoms with E-state index in [0.717, 1.165) is 17.7 Å². The predicted octanol–water partition coefficient (Wildman–Crippen LogP) is 1.58. The van der Waals surface area contributed by atoms with Crippen LogP contribution in [-0.4, -0.2) is 50.3 Å². The van der Waals surface area contributed by atoms with Crippen molar-refractivity contribution in [2.75, 3.05) is 27.2 Å². The highest BCUT2D eigenvalue weighted by atomic mass is 16.6. The number of carbonyl (C=O) groups is 2. The molecule has 22 heavy (non-hydrogen) atoms. The summed E-state index contributed by atoms with van der Waals surface area (Å²) < 4.78 is 10.2. The van der Waals surface area contributed by atoms with Gasteiger partial charge in [0.05, 0.1) is 13.7 Å². The summed E-state index contributed by atoms with van der Waals surface area (Å²) in [6.07, 6.45) is 1.21. The monoisotopic (exact) mass is 306 g/mol. The van der Waals surface area contributed by atoms with Crippen LogP contribution in [0.2, 0.25) is 0 Å². The lowest BCUT2D eigenvalue weighted by atomic mass is 10.1. The van der Waals surface area contributed by atoms with Crippen LogP contribution in [0.3, 0.4) is 0 Å². The number of ether oxygens (including phenoxy) is 2. The molecule has 0 aliphatic carbocycles. The van der Waals surface area contributed by atoms with Crippen molar-refractivity contribution in [3.8, 4) is 5.75 Å². The first kappa shape index (κ1) is 16.1. The third-order valence-electron chi connectivity index (χ3n) is 3.64. The van der Waals surface area contributed by atoms with Crippen LogP contribution in [0.15, 0.2) is 24.3 Å². The van der Waals surface area contributed by atoms with Gasteiger partial charge in [0.1, 0.15) is 11.9 Å². The maximum Gasteiger partial charge on any atom is 0.409 e. The molecule has 2 rings (SSSR count). The van der Waals surface area contributed by atoms with Gasteiger partial charge in [0, 0.05) is 20.0 Å². The number of cyclic esters (lactones) is 1. The number of nitrogens with zero attached hydrogens (tertiary/aromatic N) is 1. The molecule has 0 spiro atoms. The molecule has 0 bridgehead atoms. The lowest BCUT2D eigenvalue weighted by molar-refractivity contribution is -0.121. The Morgan fingerprint density at radius 2 is 2.14 bits per heavy atom. The average molecular weight is 306 g/mol. The van der Waals surface area contributed by atoms with Crippen molar-refractivity contribution in [2.24, 2.45) is 0 Å². The number of carbonyl (C=O) groups excluding carboxylic acids is 2. The molecule has 0 aromatic heterocycles. The molecule has 0 radical (unpaired) electrons. The topological polar surface area (TPSA) is 67.9 Å². The molecule has 6 heteroatoms. The predicted molar refractivity (Wildman–Crippen MR) is 81.8 cm³/mol. The first-order valence-corrected chi connectivity index (χ1v) is 7.40. The third kappa shape index (κ3) is 4.65. The number of methoxy groups -OCH3 is 1. The van der Waals surface area contributed by atoms with Crippen LogP contribution in [0.4, 0.5) is 4.79 Å². The zero-order chi connectivity index (χ0) is 15.9. The molecule has 1 heterocycles. The van der Waals surface area contributed by atoms with E-state index in [9.17, 15) is 9.59 Å². The highest BCUT2D eigenvalue weighted by Crippen LogP contribution is 2.14. The van der Waals surface area contributed by atoms with Crippen LogP contribution in [0.5, 0.6) is 5.75 Å². The summed E-state index contributed by atoms with van der Waals surface area (Å²) in [6, 6.07) is 7.78. The Bertz CT molecular complexity index is 515. The van der Waals surface area contributed by atoms with Crippen molar-refractivity contribution < 1.29 is 19.1 Å². The molecule has 1 aromatic rings. The summed E-state index contributed by atoms with van der Waals surface area (Å²) in [5.74, 6) is 0.808.